The molecule has 2 aliphatic carbocycles. The molecule has 0 bridgehead atoms. The number of rotatable bonds is 8. The Balaban J connectivity index is 1.19. The van der Waals surface area contributed by atoms with E-state index in [0.29, 0.717) is 5.56 Å². The zero-order chi connectivity index (χ0) is 25.4. The van der Waals surface area contributed by atoms with E-state index in [1.807, 2.05) is 17.9 Å². The highest BCUT2D eigenvalue weighted by Gasteiger charge is 2.45. The van der Waals surface area contributed by atoms with Crippen LogP contribution < -0.4 is 4.90 Å². The first kappa shape index (κ1) is 24.6. The van der Waals surface area contributed by atoms with Crippen molar-refractivity contribution >= 4 is 5.69 Å². The summed E-state index contributed by atoms with van der Waals surface area (Å²) in [6.07, 6.45) is 15.4. The summed E-state index contributed by atoms with van der Waals surface area (Å²) >= 11 is 0. The van der Waals surface area contributed by atoms with E-state index in [0.717, 1.165) is 48.4 Å². The Morgan fingerprint density at radius 2 is 1.76 bits per heavy atom. The fraction of sp³-hybridized carbons (Fsp3) is 0.621. The molecule has 1 unspecified atom stereocenters. The van der Waals surface area contributed by atoms with Crippen molar-refractivity contribution in [1.29, 1.82) is 0 Å². The van der Waals surface area contributed by atoms with Crippen LogP contribution in [0.5, 0.6) is 0 Å². The summed E-state index contributed by atoms with van der Waals surface area (Å²) in [4.78, 5) is 2.54. The van der Waals surface area contributed by atoms with Gasteiger partial charge in [0.15, 0.2) is 6.29 Å². The summed E-state index contributed by atoms with van der Waals surface area (Å²) in [5.74, 6) is 2.08. The number of piperidine rings is 1. The van der Waals surface area contributed by atoms with Gasteiger partial charge in [0, 0.05) is 49.4 Å². The summed E-state index contributed by atoms with van der Waals surface area (Å²) in [6, 6.07) is 8.59. The molecule has 6 rings (SSSR count). The van der Waals surface area contributed by atoms with E-state index in [1.54, 1.807) is 10.9 Å². The highest BCUT2D eigenvalue weighted by Crippen LogP contribution is 2.55. The van der Waals surface area contributed by atoms with Crippen molar-refractivity contribution in [2.24, 2.45) is 18.9 Å². The van der Waals surface area contributed by atoms with Crippen LogP contribution in [0.4, 0.5) is 5.69 Å². The lowest BCUT2D eigenvalue weighted by Crippen LogP contribution is -2.35. The van der Waals surface area contributed by atoms with Gasteiger partial charge in [0.25, 0.3) is 0 Å². The molecule has 0 amide bonds. The van der Waals surface area contributed by atoms with Crippen molar-refractivity contribution < 1.29 is 10.2 Å². The smallest absolute Gasteiger partial charge is 0.181 e. The van der Waals surface area contributed by atoms with Gasteiger partial charge in [0.05, 0.1) is 23.3 Å². The van der Waals surface area contributed by atoms with Gasteiger partial charge in [0.2, 0.25) is 0 Å². The molecule has 1 aromatic carbocycles. The number of hydrogen-bond donors (Lipinski definition) is 2. The van der Waals surface area contributed by atoms with Crippen LogP contribution in [-0.2, 0) is 7.05 Å². The molecule has 8 heteroatoms. The van der Waals surface area contributed by atoms with E-state index >= 15 is 0 Å². The fourth-order valence-corrected chi connectivity index (χ4v) is 6.81. The van der Waals surface area contributed by atoms with E-state index in [9.17, 15) is 10.2 Å². The lowest BCUT2D eigenvalue weighted by molar-refractivity contribution is -0.0431. The zero-order valence-corrected chi connectivity index (χ0v) is 21.9. The Hall–Kier alpha value is -2.71. The minimum atomic E-state index is -1.55. The van der Waals surface area contributed by atoms with Gasteiger partial charge in [-0.3, -0.25) is 4.68 Å². The maximum atomic E-state index is 10.1. The number of aliphatic hydroxyl groups excluding tert-OH is 1. The second-order valence-corrected chi connectivity index (χ2v) is 11.6. The third-order valence-electron chi connectivity index (χ3n) is 8.92. The molecular formula is C29H40N6O2. The van der Waals surface area contributed by atoms with Crippen LogP contribution in [0.3, 0.4) is 0 Å². The van der Waals surface area contributed by atoms with Gasteiger partial charge in [-0.25, -0.2) is 4.68 Å². The quantitative estimate of drug-likeness (QED) is 0.427. The van der Waals surface area contributed by atoms with Crippen LogP contribution in [-0.4, -0.2) is 48.1 Å². The van der Waals surface area contributed by atoms with Crippen LogP contribution in [0.1, 0.15) is 99.3 Å². The van der Waals surface area contributed by atoms with E-state index in [1.165, 1.54) is 63.5 Å². The zero-order valence-electron chi connectivity index (χ0n) is 21.9. The molecule has 3 aromatic rings. The van der Waals surface area contributed by atoms with E-state index < -0.39 is 6.29 Å². The molecule has 37 heavy (non-hydrogen) atoms. The average Bonchev–Trinajstić information content (AvgIpc) is 3.37. The fourth-order valence-electron chi connectivity index (χ4n) is 6.81. The van der Waals surface area contributed by atoms with Crippen LogP contribution in [0, 0.1) is 11.8 Å². The summed E-state index contributed by atoms with van der Waals surface area (Å²) < 4.78 is 3.62. The molecular weight excluding hydrogens is 464 g/mol. The number of nitrogens with zero attached hydrogens (tertiary/aromatic N) is 6. The normalized spacial score (nSPS) is 24.6. The van der Waals surface area contributed by atoms with Crippen molar-refractivity contribution in [2.45, 2.75) is 82.3 Å². The topological polar surface area (TPSA) is 92.2 Å². The second-order valence-electron chi connectivity index (χ2n) is 11.6. The predicted molar refractivity (Wildman–Crippen MR) is 143 cm³/mol. The first-order valence-electron chi connectivity index (χ1n) is 14.2. The third kappa shape index (κ3) is 5.32. The Morgan fingerprint density at radius 1 is 0.973 bits per heavy atom. The molecule has 198 valence electrons. The Labute approximate surface area is 219 Å². The molecule has 3 heterocycles. The van der Waals surface area contributed by atoms with Gasteiger partial charge in [-0.2, -0.15) is 5.10 Å². The summed E-state index contributed by atoms with van der Waals surface area (Å²) in [5, 5.41) is 33.2. The highest BCUT2D eigenvalue weighted by molar-refractivity contribution is 5.54. The minimum Gasteiger partial charge on any atom is -0.371 e. The molecule has 2 aromatic heterocycles. The van der Waals surface area contributed by atoms with Gasteiger partial charge in [-0.1, -0.05) is 49.8 Å². The van der Waals surface area contributed by atoms with Gasteiger partial charge >= 0.3 is 0 Å². The summed E-state index contributed by atoms with van der Waals surface area (Å²) in [7, 11) is 1.87. The lowest BCUT2D eigenvalue weighted by atomic mass is 9.82. The lowest BCUT2D eigenvalue weighted by Gasteiger charge is -2.35. The number of anilines is 1. The number of benzene rings is 1. The van der Waals surface area contributed by atoms with Crippen molar-refractivity contribution in [1.82, 2.24) is 24.8 Å². The van der Waals surface area contributed by atoms with Crippen LogP contribution >= 0.6 is 0 Å². The van der Waals surface area contributed by atoms with Crippen molar-refractivity contribution in [3.63, 3.8) is 0 Å². The molecule has 1 saturated heterocycles. The van der Waals surface area contributed by atoms with Crippen LogP contribution in [0.25, 0.3) is 5.69 Å². The molecule has 1 aliphatic heterocycles. The maximum Gasteiger partial charge on any atom is 0.181 e. The van der Waals surface area contributed by atoms with E-state index in [4.69, 9.17) is 0 Å². The monoisotopic (exact) mass is 504 g/mol. The predicted octanol–water partition coefficient (Wildman–Crippen LogP) is 4.83. The van der Waals surface area contributed by atoms with Gasteiger partial charge < -0.3 is 15.1 Å². The minimum absolute atomic E-state index is 0.138. The van der Waals surface area contributed by atoms with E-state index in [2.05, 4.69) is 44.6 Å². The van der Waals surface area contributed by atoms with Crippen LogP contribution in [0.2, 0.25) is 0 Å². The van der Waals surface area contributed by atoms with E-state index in [-0.39, 0.29) is 11.8 Å². The maximum absolute atomic E-state index is 10.1. The number of aliphatic hydroxyl groups is 2. The number of hydrogen-bond acceptors (Lipinski definition) is 6. The standard InChI is InChI=1S/C29H40N6O2/c1-33-19-27(31-32-33)24-16-25(24)28-26(29(36)37)17-30-35(28)23-11-5-10-22(15-23)34-14-6-9-21(18-34)13-12-20-7-3-2-4-8-20/h5,10-11,15,17,19-21,24-25,29,36-37H,2-4,6-9,12-14,16,18H2,1H3/t21?,24-,25-/m1/s1. The molecule has 3 atom stereocenters. The molecule has 2 saturated carbocycles. The number of aromatic nitrogens is 5. The molecule has 3 aliphatic rings. The van der Waals surface area contributed by atoms with Crippen LogP contribution in [0.15, 0.2) is 36.7 Å². The highest BCUT2D eigenvalue weighted by atomic mass is 16.5. The largest absolute Gasteiger partial charge is 0.371 e. The molecule has 3 fully saturated rings. The van der Waals surface area contributed by atoms with Crippen molar-refractivity contribution in [3.8, 4) is 5.69 Å². The summed E-state index contributed by atoms with van der Waals surface area (Å²) in [6.45, 7) is 2.22. The molecule has 2 N–H and O–H groups in total. The van der Waals surface area contributed by atoms with Gasteiger partial charge in [-0.15, -0.1) is 5.10 Å². The van der Waals surface area contributed by atoms with Gasteiger partial charge in [-0.05, 0) is 55.7 Å². The first-order chi connectivity index (χ1) is 18.1. The average molecular weight is 505 g/mol. The number of aryl methyl sites for hydroxylation is 1. The molecule has 0 spiro atoms. The SMILES string of the molecule is Cn1cc([C@@H]2C[C@H]2c2c(C(O)O)cnn2-c2cccc(N3CCCC(CCC4CCCCC4)C3)c2)nn1. The Morgan fingerprint density at radius 3 is 2.54 bits per heavy atom. The van der Waals surface area contributed by atoms with Crippen molar-refractivity contribution in [3.05, 3.63) is 53.6 Å². The van der Waals surface area contributed by atoms with Crippen molar-refractivity contribution in [2.75, 3.05) is 18.0 Å². The molecule has 0 radical (unpaired) electrons. The molecule has 8 nitrogen and oxygen atoms in total. The Bertz CT molecular complexity index is 1200. The first-order valence-corrected chi connectivity index (χ1v) is 14.2. The Kier molecular flexibility index (Phi) is 7.04. The second kappa shape index (κ2) is 10.6. The summed E-state index contributed by atoms with van der Waals surface area (Å²) in [5.41, 5.74) is 4.48. The van der Waals surface area contributed by atoms with Gasteiger partial charge in [0.1, 0.15) is 0 Å². The third-order valence-corrected chi connectivity index (χ3v) is 8.92.